The van der Waals surface area contributed by atoms with Gasteiger partial charge in [0.25, 0.3) is 0 Å². The molecule has 1 amide bonds. The molecule has 1 aliphatic heterocycles. The molecule has 1 fully saturated rings. The van der Waals surface area contributed by atoms with Crippen LogP contribution in [-0.2, 0) is 14.3 Å². The predicted octanol–water partition coefficient (Wildman–Crippen LogP) is 1.01. The number of nitrogens with zero attached hydrogens (tertiary/aromatic N) is 1. The Morgan fingerprint density at radius 1 is 1.32 bits per heavy atom. The molecule has 0 aliphatic carbocycles. The molecule has 5 heteroatoms. The van der Waals surface area contributed by atoms with Crippen LogP contribution >= 0.6 is 0 Å². The maximum absolute atomic E-state index is 12.0. The van der Waals surface area contributed by atoms with Crippen molar-refractivity contribution in [1.29, 1.82) is 0 Å². The lowest BCUT2D eigenvalue weighted by Gasteiger charge is -2.31. The first-order valence-corrected chi connectivity index (χ1v) is 6.03. The summed E-state index contributed by atoms with van der Waals surface area (Å²) in [7, 11) is 0. The predicted molar refractivity (Wildman–Crippen MR) is 69.4 cm³/mol. The standard InChI is InChI=1S/C14H15NO4/c16-13(7-6-11-4-2-1-3-5-11)15-8-9-19-10-12(15)14(17)18/h1-7,12H,8-10H2,(H,17,18). The molecule has 1 atom stereocenters. The summed E-state index contributed by atoms with van der Waals surface area (Å²) in [6.07, 6.45) is 3.08. The monoisotopic (exact) mass is 261 g/mol. The number of aliphatic carboxylic acids is 1. The van der Waals surface area contributed by atoms with Gasteiger partial charge in [-0.05, 0) is 11.6 Å². The number of hydrogen-bond donors (Lipinski definition) is 1. The minimum Gasteiger partial charge on any atom is -0.480 e. The van der Waals surface area contributed by atoms with Crippen LogP contribution in [0.4, 0.5) is 0 Å². The summed E-state index contributed by atoms with van der Waals surface area (Å²) in [6.45, 7) is 0.712. The van der Waals surface area contributed by atoms with Crippen LogP contribution in [0.2, 0.25) is 0 Å². The largest absolute Gasteiger partial charge is 0.480 e. The van der Waals surface area contributed by atoms with Crippen molar-refractivity contribution in [2.45, 2.75) is 6.04 Å². The van der Waals surface area contributed by atoms with E-state index in [-0.39, 0.29) is 12.5 Å². The van der Waals surface area contributed by atoms with E-state index in [9.17, 15) is 9.59 Å². The second kappa shape index (κ2) is 6.15. The minimum atomic E-state index is -1.04. The molecule has 1 aromatic rings. The van der Waals surface area contributed by atoms with E-state index in [2.05, 4.69) is 0 Å². The molecule has 1 heterocycles. The van der Waals surface area contributed by atoms with Gasteiger partial charge in [0.2, 0.25) is 5.91 Å². The molecular weight excluding hydrogens is 246 g/mol. The summed E-state index contributed by atoms with van der Waals surface area (Å²) in [4.78, 5) is 24.4. The molecule has 0 saturated carbocycles. The fraction of sp³-hybridized carbons (Fsp3) is 0.286. The number of carboxylic acid groups (broad SMARTS) is 1. The highest BCUT2D eigenvalue weighted by Crippen LogP contribution is 2.09. The van der Waals surface area contributed by atoms with Crippen LogP contribution in [0.5, 0.6) is 0 Å². The van der Waals surface area contributed by atoms with E-state index >= 15 is 0 Å². The highest BCUT2D eigenvalue weighted by atomic mass is 16.5. The number of benzene rings is 1. The Morgan fingerprint density at radius 3 is 2.74 bits per heavy atom. The fourth-order valence-corrected chi connectivity index (χ4v) is 1.90. The molecule has 0 bridgehead atoms. The van der Waals surface area contributed by atoms with Gasteiger partial charge in [0.15, 0.2) is 6.04 Å². The van der Waals surface area contributed by atoms with Crippen molar-refractivity contribution < 1.29 is 19.4 Å². The Labute approximate surface area is 111 Å². The summed E-state index contributed by atoms with van der Waals surface area (Å²) >= 11 is 0. The number of amides is 1. The number of carbonyl (C=O) groups is 2. The summed E-state index contributed by atoms with van der Waals surface area (Å²) in [5.41, 5.74) is 0.899. The fourth-order valence-electron chi connectivity index (χ4n) is 1.90. The number of rotatable bonds is 3. The lowest BCUT2D eigenvalue weighted by atomic mass is 10.2. The first kappa shape index (κ1) is 13.3. The lowest BCUT2D eigenvalue weighted by molar-refractivity contribution is -0.156. The third kappa shape index (κ3) is 3.42. The molecule has 1 aliphatic rings. The second-order valence-corrected chi connectivity index (χ2v) is 4.20. The van der Waals surface area contributed by atoms with Gasteiger partial charge in [-0.25, -0.2) is 4.79 Å². The van der Waals surface area contributed by atoms with Crippen LogP contribution in [0.1, 0.15) is 5.56 Å². The highest BCUT2D eigenvalue weighted by molar-refractivity contribution is 5.94. The second-order valence-electron chi connectivity index (χ2n) is 4.20. The molecular formula is C14H15NO4. The molecule has 1 aromatic carbocycles. The normalized spacial score (nSPS) is 19.6. The van der Waals surface area contributed by atoms with Crippen molar-refractivity contribution in [2.75, 3.05) is 19.8 Å². The first-order valence-electron chi connectivity index (χ1n) is 6.03. The third-order valence-electron chi connectivity index (χ3n) is 2.91. The zero-order valence-electron chi connectivity index (χ0n) is 10.4. The van der Waals surface area contributed by atoms with Crippen LogP contribution < -0.4 is 0 Å². The van der Waals surface area contributed by atoms with Gasteiger partial charge in [-0.3, -0.25) is 4.79 Å². The number of carboxylic acids is 1. The molecule has 1 saturated heterocycles. The maximum atomic E-state index is 12.0. The van der Waals surface area contributed by atoms with E-state index in [1.54, 1.807) is 6.08 Å². The van der Waals surface area contributed by atoms with E-state index in [1.807, 2.05) is 30.3 Å². The van der Waals surface area contributed by atoms with E-state index in [0.29, 0.717) is 13.2 Å². The number of carbonyl (C=O) groups excluding carboxylic acids is 1. The topological polar surface area (TPSA) is 66.8 Å². The van der Waals surface area contributed by atoms with Gasteiger partial charge in [-0.1, -0.05) is 30.3 Å². The van der Waals surface area contributed by atoms with Gasteiger partial charge in [-0.2, -0.15) is 0 Å². The van der Waals surface area contributed by atoms with E-state index < -0.39 is 12.0 Å². The van der Waals surface area contributed by atoms with Gasteiger partial charge in [0, 0.05) is 12.6 Å². The molecule has 1 unspecified atom stereocenters. The van der Waals surface area contributed by atoms with Crippen molar-refractivity contribution in [1.82, 2.24) is 4.90 Å². The number of morpholine rings is 1. The van der Waals surface area contributed by atoms with Gasteiger partial charge < -0.3 is 14.7 Å². The van der Waals surface area contributed by atoms with Crippen molar-refractivity contribution in [3.63, 3.8) is 0 Å². The van der Waals surface area contributed by atoms with Crippen molar-refractivity contribution in [2.24, 2.45) is 0 Å². The van der Waals surface area contributed by atoms with Crippen LogP contribution in [0, 0.1) is 0 Å². The van der Waals surface area contributed by atoms with E-state index in [1.165, 1.54) is 11.0 Å². The molecule has 19 heavy (non-hydrogen) atoms. The van der Waals surface area contributed by atoms with Crippen LogP contribution in [0.25, 0.3) is 6.08 Å². The minimum absolute atomic E-state index is 0.0419. The summed E-state index contributed by atoms with van der Waals surface area (Å²) in [5, 5.41) is 9.04. The highest BCUT2D eigenvalue weighted by Gasteiger charge is 2.31. The molecule has 1 N–H and O–H groups in total. The van der Waals surface area contributed by atoms with Crippen molar-refractivity contribution >= 4 is 18.0 Å². The van der Waals surface area contributed by atoms with Gasteiger partial charge in [0.05, 0.1) is 13.2 Å². The van der Waals surface area contributed by atoms with E-state index in [4.69, 9.17) is 9.84 Å². The zero-order chi connectivity index (χ0) is 13.7. The Morgan fingerprint density at radius 2 is 2.05 bits per heavy atom. The molecule has 0 aromatic heterocycles. The van der Waals surface area contributed by atoms with Crippen LogP contribution in [-0.4, -0.2) is 47.7 Å². The third-order valence-corrected chi connectivity index (χ3v) is 2.91. The molecule has 0 radical (unpaired) electrons. The average molecular weight is 261 g/mol. The number of hydrogen-bond acceptors (Lipinski definition) is 3. The molecule has 0 spiro atoms. The summed E-state index contributed by atoms with van der Waals surface area (Å²) in [6, 6.07) is 8.48. The van der Waals surface area contributed by atoms with Gasteiger partial charge in [-0.15, -0.1) is 0 Å². The Bertz CT molecular complexity index is 483. The average Bonchev–Trinajstić information content (AvgIpc) is 2.46. The molecule has 2 rings (SSSR count). The quantitative estimate of drug-likeness (QED) is 0.825. The summed E-state index contributed by atoms with van der Waals surface area (Å²) < 4.78 is 5.09. The summed E-state index contributed by atoms with van der Waals surface area (Å²) in [5.74, 6) is -1.35. The van der Waals surface area contributed by atoms with Crippen molar-refractivity contribution in [3.8, 4) is 0 Å². The van der Waals surface area contributed by atoms with Crippen molar-refractivity contribution in [3.05, 3.63) is 42.0 Å². The zero-order valence-corrected chi connectivity index (χ0v) is 10.4. The number of ether oxygens (including phenoxy) is 1. The molecule has 100 valence electrons. The van der Waals surface area contributed by atoms with E-state index in [0.717, 1.165) is 5.56 Å². The van der Waals surface area contributed by atoms with Crippen LogP contribution in [0.3, 0.4) is 0 Å². The van der Waals surface area contributed by atoms with Gasteiger partial charge in [0.1, 0.15) is 0 Å². The van der Waals surface area contributed by atoms with Crippen LogP contribution in [0.15, 0.2) is 36.4 Å². The molecule has 5 nitrogen and oxygen atoms in total. The Hall–Kier alpha value is -2.14. The Balaban J connectivity index is 2.06. The van der Waals surface area contributed by atoms with Gasteiger partial charge >= 0.3 is 5.97 Å². The first-order chi connectivity index (χ1) is 9.18. The maximum Gasteiger partial charge on any atom is 0.328 e. The SMILES string of the molecule is O=C(O)C1COCCN1C(=O)C=Cc1ccccc1. The lowest BCUT2D eigenvalue weighted by Crippen LogP contribution is -2.52. The smallest absolute Gasteiger partial charge is 0.328 e. The Kier molecular flexibility index (Phi) is 4.30.